The van der Waals surface area contributed by atoms with Gasteiger partial charge in [-0.05, 0) is 51.0 Å². The topological polar surface area (TPSA) is 32.3 Å². The van der Waals surface area contributed by atoms with E-state index in [0.717, 1.165) is 31.0 Å². The standard InChI is InChI=1S/C18H26N4S/c1-14(2)22(23-3)12-15-7-6-10-21(11-15)18-16-8-4-5-9-17(16)19-13-20-18/h4-5,8-9,13-15H,6-7,10-12H2,1-3H3. The van der Waals surface area contributed by atoms with Crippen LogP contribution in [0.1, 0.15) is 26.7 Å². The molecule has 0 radical (unpaired) electrons. The third-order valence-corrected chi connectivity index (χ3v) is 5.63. The van der Waals surface area contributed by atoms with Gasteiger partial charge in [0.2, 0.25) is 0 Å². The van der Waals surface area contributed by atoms with E-state index in [9.17, 15) is 0 Å². The van der Waals surface area contributed by atoms with Crippen molar-refractivity contribution in [3.8, 4) is 0 Å². The summed E-state index contributed by atoms with van der Waals surface area (Å²) in [6, 6.07) is 8.90. The van der Waals surface area contributed by atoms with Gasteiger partial charge in [-0.25, -0.2) is 14.3 Å². The molecular formula is C18H26N4S. The number of para-hydroxylation sites is 1. The van der Waals surface area contributed by atoms with Gasteiger partial charge < -0.3 is 4.90 Å². The first kappa shape index (κ1) is 16.5. The van der Waals surface area contributed by atoms with Gasteiger partial charge in [-0.3, -0.25) is 0 Å². The zero-order valence-electron chi connectivity index (χ0n) is 14.3. The van der Waals surface area contributed by atoms with Gasteiger partial charge in [0.1, 0.15) is 12.1 Å². The van der Waals surface area contributed by atoms with Crippen LogP contribution in [0.2, 0.25) is 0 Å². The second-order valence-electron chi connectivity index (χ2n) is 6.54. The normalized spacial score (nSPS) is 19.0. The largest absolute Gasteiger partial charge is 0.356 e. The fourth-order valence-corrected chi connectivity index (χ4v) is 4.18. The molecule has 2 heterocycles. The van der Waals surface area contributed by atoms with Crippen LogP contribution in [-0.2, 0) is 0 Å². The molecule has 0 aliphatic carbocycles. The Hall–Kier alpha value is -1.33. The van der Waals surface area contributed by atoms with Gasteiger partial charge in [0, 0.05) is 31.1 Å². The number of piperidine rings is 1. The first-order valence-corrected chi connectivity index (χ1v) is 9.62. The molecule has 1 aliphatic heterocycles. The molecule has 0 saturated carbocycles. The Balaban J connectivity index is 1.78. The van der Waals surface area contributed by atoms with Crippen LogP contribution in [-0.4, -0.2) is 46.2 Å². The van der Waals surface area contributed by atoms with Crippen molar-refractivity contribution >= 4 is 28.7 Å². The number of anilines is 1. The first-order chi connectivity index (χ1) is 11.2. The highest BCUT2D eigenvalue weighted by Crippen LogP contribution is 2.28. The number of aromatic nitrogens is 2. The molecule has 0 amide bonds. The van der Waals surface area contributed by atoms with Gasteiger partial charge in [0.15, 0.2) is 0 Å². The molecule has 0 N–H and O–H groups in total. The lowest BCUT2D eigenvalue weighted by molar-refractivity contribution is 0.296. The summed E-state index contributed by atoms with van der Waals surface area (Å²) in [6.45, 7) is 7.88. The van der Waals surface area contributed by atoms with E-state index in [1.54, 1.807) is 6.33 Å². The number of rotatable bonds is 5. The maximum atomic E-state index is 4.60. The highest BCUT2D eigenvalue weighted by atomic mass is 32.2. The van der Waals surface area contributed by atoms with E-state index in [0.29, 0.717) is 12.0 Å². The highest BCUT2D eigenvalue weighted by molar-refractivity contribution is 7.96. The lowest BCUT2D eigenvalue weighted by atomic mass is 9.97. The molecular weight excluding hydrogens is 304 g/mol. The summed E-state index contributed by atoms with van der Waals surface area (Å²) in [6.07, 6.45) is 6.43. The number of fused-ring (bicyclic) bond motifs is 1. The summed E-state index contributed by atoms with van der Waals surface area (Å²) in [5.74, 6) is 1.80. The predicted octanol–water partition coefficient (Wildman–Crippen LogP) is 3.83. The van der Waals surface area contributed by atoms with Crippen LogP contribution in [0.3, 0.4) is 0 Å². The molecule has 1 aliphatic rings. The molecule has 0 spiro atoms. The van der Waals surface area contributed by atoms with Crippen LogP contribution < -0.4 is 4.90 Å². The van der Waals surface area contributed by atoms with Crippen molar-refractivity contribution in [1.82, 2.24) is 14.3 Å². The molecule has 23 heavy (non-hydrogen) atoms. The molecule has 1 saturated heterocycles. The summed E-state index contributed by atoms with van der Waals surface area (Å²) in [5.41, 5.74) is 1.03. The summed E-state index contributed by atoms with van der Waals surface area (Å²) in [4.78, 5) is 11.4. The second kappa shape index (κ2) is 7.49. The molecule has 3 rings (SSSR count). The van der Waals surface area contributed by atoms with Crippen LogP contribution in [0.15, 0.2) is 30.6 Å². The van der Waals surface area contributed by atoms with Crippen molar-refractivity contribution in [1.29, 1.82) is 0 Å². The van der Waals surface area contributed by atoms with E-state index < -0.39 is 0 Å². The van der Waals surface area contributed by atoms with Crippen LogP contribution in [0.4, 0.5) is 5.82 Å². The molecule has 1 atom stereocenters. The Morgan fingerprint density at radius 1 is 1.30 bits per heavy atom. The Morgan fingerprint density at radius 3 is 2.91 bits per heavy atom. The van der Waals surface area contributed by atoms with Crippen molar-refractivity contribution in [3.63, 3.8) is 0 Å². The molecule has 4 nitrogen and oxygen atoms in total. The van der Waals surface area contributed by atoms with Gasteiger partial charge in [0.05, 0.1) is 5.52 Å². The quantitative estimate of drug-likeness (QED) is 0.778. The monoisotopic (exact) mass is 330 g/mol. The molecule has 124 valence electrons. The summed E-state index contributed by atoms with van der Waals surface area (Å²) in [7, 11) is 0. The van der Waals surface area contributed by atoms with Gasteiger partial charge in [-0.15, -0.1) is 0 Å². The third-order valence-electron chi connectivity index (χ3n) is 4.59. The molecule has 1 aromatic carbocycles. The minimum atomic E-state index is 0.584. The third kappa shape index (κ3) is 3.78. The van der Waals surface area contributed by atoms with E-state index in [4.69, 9.17) is 0 Å². The van der Waals surface area contributed by atoms with Crippen molar-refractivity contribution < 1.29 is 0 Å². The van der Waals surface area contributed by atoms with Gasteiger partial charge >= 0.3 is 0 Å². The molecule has 1 unspecified atom stereocenters. The van der Waals surface area contributed by atoms with Crippen molar-refractivity contribution in [2.45, 2.75) is 32.7 Å². The summed E-state index contributed by atoms with van der Waals surface area (Å²) in [5, 5.41) is 1.17. The minimum Gasteiger partial charge on any atom is -0.356 e. The average Bonchev–Trinajstić information content (AvgIpc) is 2.59. The number of hydrogen-bond donors (Lipinski definition) is 0. The van der Waals surface area contributed by atoms with E-state index >= 15 is 0 Å². The van der Waals surface area contributed by atoms with Crippen LogP contribution in [0.25, 0.3) is 10.9 Å². The molecule has 1 aromatic heterocycles. The van der Waals surface area contributed by atoms with Crippen molar-refractivity contribution in [2.24, 2.45) is 5.92 Å². The van der Waals surface area contributed by atoms with E-state index in [1.807, 2.05) is 18.0 Å². The fourth-order valence-electron chi connectivity index (χ4n) is 3.40. The Bertz CT molecular complexity index is 640. The number of nitrogens with zero attached hydrogens (tertiary/aromatic N) is 4. The molecule has 5 heteroatoms. The van der Waals surface area contributed by atoms with Gasteiger partial charge in [-0.1, -0.05) is 24.1 Å². The number of hydrogen-bond acceptors (Lipinski definition) is 5. The van der Waals surface area contributed by atoms with Crippen molar-refractivity contribution in [3.05, 3.63) is 30.6 Å². The lowest BCUT2D eigenvalue weighted by Gasteiger charge is -2.37. The first-order valence-electron chi connectivity index (χ1n) is 8.44. The van der Waals surface area contributed by atoms with Crippen LogP contribution >= 0.6 is 11.9 Å². The Morgan fingerprint density at radius 2 is 2.13 bits per heavy atom. The maximum absolute atomic E-state index is 4.60. The van der Waals surface area contributed by atoms with E-state index in [-0.39, 0.29) is 0 Å². The predicted molar refractivity (Wildman–Crippen MR) is 99.8 cm³/mol. The second-order valence-corrected chi connectivity index (χ2v) is 7.38. The summed E-state index contributed by atoms with van der Waals surface area (Å²) >= 11 is 1.86. The van der Waals surface area contributed by atoms with Crippen molar-refractivity contribution in [2.75, 3.05) is 30.8 Å². The maximum Gasteiger partial charge on any atom is 0.139 e. The zero-order valence-corrected chi connectivity index (χ0v) is 15.1. The van der Waals surface area contributed by atoms with Gasteiger partial charge in [0.25, 0.3) is 0 Å². The smallest absolute Gasteiger partial charge is 0.139 e. The molecule has 2 aromatic rings. The minimum absolute atomic E-state index is 0.584. The van der Waals surface area contributed by atoms with Crippen LogP contribution in [0, 0.1) is 5.92 Å². The Labute approximate surface area is 143 Å². The van der Waals surface area contributed by atoms with E-state index in [2.05, 4.69) is 57.5 Å². The zero-order chi connectivity index (χ0) is 16.2. The molecule has 0 bridgehead atoms. The lowest BCUT2D eigenvalue weighted by Crippen LogP contribution is -2.41. The van der Waals surface area contributed by atoms with Crippen LogP contribution in [0.5, 0.6) is 0 Å². The Kier molecular flexibility index (Phi) is 5.38. The molecule has 1 fully saturated rings. The average molecular weight is 331 g/mol. The highest BCUT2D eigenvalue weighted by Gasteiger charge is 2.24. The van der Waals surface area contributed by atoms with Gasteiger partial charge in [-0.2, -0.15) is 0 Å². The summed E-state index contributed by atoms with van der Waals surface area (Å²) < 4.78 is 2.49. The fraction of sp³-hybridized carbons (Fsp3) is 0.556. The SMILES string of the molecule is CSN(CC1CCCN(c2ncnc3ccccc23)C1)C(C)C. The number of benzene rings is 1. The van der Waals surface area contributed by atoms with E-state index in [1.165, 1.54) is 18.2 Å².